The van der Waals surface area contributed by atoms with Gasteiger partial charge in [0.1, 0.15) is 12.2 Å². The lowest BCUT2D eigenvalue weighted by Crippen LogP contribution is -2.60. The second-order valence-corrected chi connectivity index (χ2v) is 16.5. The van der Waals surface area contributed by atoms with E-state index in [9.17, 15) is 15.0 Å². The second kappa shape index (κ2) is 8.83. The number of hydrogen-bond acceptors (Lipinski definition) is 6. The van der Waals surface area contributed by atoms with Crippen molar-refractivity contribution < 1.29 is 29.2 Å². The van der Waals surface area contributed by atoms with Gasteiger partial charge >= 0.3 is 6.09 Å². The predicted octanol–water partition coefficient (Wildman–Crippen LogP) is 5.44. The molecular formula is C33H55NO6. The van der Waals surface area contributed by atoms with E-state index in [-0.39, 0.29) is 51.3 Å². The highest BCUT2D eigenvalue weighted by molar-refractivity contribution is 5.65. The molecule has 2 spiro atoms. The Morgan fingerprint density at radius 2 is 1.73 bits per heavy atom. The predicted molar refractivity (Wildman–Crippen MR) is 152 cm³/mol. The molecule has 6 rings (SSSR count). The third-order valence-electron chi connectivity index (χ3n) is 14.4. The van der Waals surface area contributed by atoms with E-state index in [1.165, 1.54) is 12.8 Å². The number of carbonyl (C=O) groups is 1. The molecule has 228 valence electrons. The van der Waals surface area contributed by atoms with Gasteiger partial charge in [-0.3, -0.25) is 0 Å². The number of nitrogens with two attached hydrogens (primary N) is 1. The Balaban J connectivity index is 1.32. The van der Waals surface area contributed by atoms with Crippen molar-refractivity contribution in [3.05, 3.63) is 0 Å². The van der Waals surface area contributed by atoms with E-state index in [0.29, 0.717) is 24.4 Å². The molecule has 1 heterocycles. The summed E-state index contributed by atoms with van der Waals surface area (Å²) in [5.41, 5.74) is 4.62. The number of hydrogen-bond donors (Lipinski definition) is 3. The van der Waals surface area contributed by atoms with Crippen molar-refractivity contribution in [1.29, 1.82) is 0 Å². The number of fused-ring (bicyclic) bond motifs is 4. The zero-order valence-electron chi connectivity index (χ0n) is 26.2. The van der Waals surface area contributed by atoms with Crippen LogP contribution in [0.3, 0.4) is 0 Å². The first-order chi connectivity index (χ1) is 18.5. The summed E-state index contributed by atoms with van der Waals surface area (Å²) in [4.78, 5) is 11.7. The van der Waals surface area contributed by atoms with E-state index in [1.54, 1.807) is 13.8 Å². The number of rotatable bonds is 5. The molecule has 4 unspecified atom stereocenters. The summed E-state index contributed by atoms with van der Waals surface area (Å²) >= 11 is 0. The van der Waals surface area contributed by atoms with Crippen molar-refractivity contribution in [3.63, 3.8) is 0 Å². The number of carbonyl (C=O) groups excluding carboxylic acids is 1. The minimum atomic E-state index is -1.02. The van der Waals surface area contributed by atoms with Gasteiger partial charge in [-0.2, -0.15) is 0 Å². The molecular weight excluding hydrogens is 506 g/mol. The van der Waals surface area contributed by atoms with Crippen molar-refractivity contribution >= 4 is 6.09 Å². The summed E-state index contributed by atoms with van der Waals surface area (Å²) in [6.07, 6.45) is 6.34. The molecule has 0 radical (unpaired) electrons. The highest BCUT2D eigenvalue weighted by Crippen LogP contribution is 2.89. The van der Waals surface area contributed by atoms with E-state index in [4.69, 9.17) is 19.9 Å². The Morgan fingerprint density at radius 3 is 2.35 bits per heavy atom. The van der Waals surface area contributed by atoms with Crippen LogP contribution in [0.4, 0.5) is 4.79 Å². The molecule has 6 fully saturated rings. The van der Waals surface area contributed by atoms with Crippen LogP contribution in [-0.4, -0.2) is 59.0 Å². The van der Waals surface area contributed by atoms with Gasteiger partial charge in [0.25, 0.3) is 0 Å². The number of aliphatic hydroxyl groups is 2. The largest absolute Gasteiger partial charge is 0.446 e. The first kappa shape index (κ1) is 29.2. The van der Waals surface area contributed by atoms with Crippen LogP contribution in [0.15, 0.2) is 0 Å². The summed E-state index contributed by atoms with van der Waals surface area (Å²) in [7, 11) is 0. The summed E-state index contributed by atoms with van der Waals surface area (Å²) in [5.74, 6) is 1.61. The maximum Gasteiger partial charge on any atom is 0.404 e. The molecule has 40 heavy (non-hydrogen) atoms. The molecule has 1 saturated heterocycles. The van der Waals surface area contributed by atoms with Crippen molar-refractivity contribution in [2.75, 3.05) is 6.61 Å². The minimum absolute atomic E-state index is 0.00829. The van der Waals surface area contributed by atoms with Gasteiger partial charge in [0, 0.05) is 17.4 Å². The lowest BCUT2D eigenvalue weighted by molar-refractivity contribution is -0.215. The Kier molecular flexibility index (Phi) is 6.44. The topological polar surface area (TPSA) is 111 Å². The van der Waals surface area contributed by atoms with Crippen molar-refractivity contribution in [1.82, 2.24) is 0 Å². The first-order valence-corrected chi connectivity index (χ1v) is 16.1. The lowest BCUT2D eigenvalue weighted by atomic mass is 9.41. The highest BCUT2D eigenvalue weighted by Gasteiger charge is 2.84. The van der Waals surface area contributed by atoms with Gasteiger partial charge in [-0.25, -0.2) is 4.79 Å². The van der Waals surface area contributed by atoms with Crippen molar-refractivity contribution in [2.24, 2.45) is 56.5 Å². The second-order valence-electron chi connectivity index (χ2n) is 16.5. The first-order valence-electron chi connectivity index (χ1n) is 16.1. The van der Waals surface area contributed by atoms with E-state index >= 15 is 0 Å². The SMILES string of the molecule is CCO[C@@H](C1C[C@@H](C)[C@H]2C(O1)[C@H](O)[C@@]1(C)C3CC[C@H]4C(C)(C)C(OC(N)=O)CC[C@@]45C[C@@]35CC[C@]21C)C(C)(C)O. The molecule has 13 atom stereocenters. The zero-order chi connectivity index (χ0) is 29.3. The maximum atomic E-state index is 12.4. The van der Waals surface area contributed by atoms with Crippen LogP contribution in [0.5, 0.6) is 0 Å². The van der Waals surface area contributed by atoms with Gasteiger partial charge in [-0.05, 0) is 112 Å². The monoisotopic (exact) mass is 561 g/mol. The average Bonchev–Trinajstić information content (AvgIpc) is 3.48. The molecule has 0 aromatic heterocycles. The van der Waals surface area contributed by atoms with Crippen LogP contribution in [-0.2, 0) is 14.2 Å². The summed E-state index contributed by atoms with van der Waals surface area (Å²) in [6.45, 7) is 17.9. The highest BCUT2D eigenvalue weighted by atomic mass is 16.6. The molecule has 1 amide bonds. The third-order valence-corrected chi connectivity index (χ3v) is 14.4. The van der Waals surface area contributed by atoms with E-state index in [1.807, 2.05) is 6.92 Å². The fourth-order valence-electron chi connectivity index (χ4n) is 12.8. The smallest absolute Gasteiger partial charge is 0.404 e. The standard InChI is InChI=1S/C33H55NO6/c1-9-38-26(29(5,6)37)19-16-18(2)23-24(39-19)25(35)31(8)21-11-10-20-28(3,4)22(40-27(34)36)12-13-32(20)17-33(21,32)15-14-30(23,31)7/h18-26,35,37H,9-17H2,1-8H3,(H2,34,36)/t18-,19?,20+,21?,22?,23+,24?,25+,26+,30-,31-,32-,33+/m1/s1. The molecule has 0 aromatic carbocycles. The van der Waals surface area contributed by atoms with Crippen LogP contribution in [0.1, 0.15) is 107 Å². The van der Waals surface area contributed by atoms with Crippen LogP contribution in [0.25, 0.3) is 0 Å². The normalized spacial score (nSPS) is 53.2. The Morgan fingerprint density at radius 1 is 1.07 bits per heavy atom. The van der Waals surface area contributed by atoms with Gasteiger partial charge in [0.05, 0.1) is 23.9 Å². The van der Waals surface area contributed by atoms with Gasteiger partial charge in [0.15, 0.2) is 0 Å². The molecule has 0 aromatic rings. The molecule has 7 nitrogen and oxygen atoms in total. The fourth-order valence-corrected chi connectivity index (χ4v) is 12.8. The van der Waals surface area contributed by atoms with Gasteiger partial charge in [0.2, 0.25) is 0 Å². The van der Waals surface area contributed by atoms with Gasteiger partial charge in [-0.15, -0.1) is 0 Å². The maximum absolute atomic E-state index is 12.4. The molecule has 7 heteroatoms. The lowest BCUT2D eigenvalue weighted by Gasteiger charge is -2.63. The van der Waals surface area contributed by atoms with Crippen LogP contribution >= 0.6 is 0 Å². The summed E-state index contributed by atoms with van der Waals surface area (Å²) < 4.78 is 18.6. The van der Waals surface area contributed by atoms with Gasteiger partial charge < -0.3 is 30.2 Å². The number of amides is 1. The number of primary amides is 1. The molecule has 5 saturated carbocycles. The Bertz CT molecular complexity index is 1040. The Labute approximate surface area is 241 Å². The van der Waals surface area contributed by atoms with E-state index in [0.717, 1.165) is 38.5 Å². The van der Waals surface area contributed by atoms with Crippen molar-refractivity contribution in [3.8, 4) is 0 Å². The average molecular weight is 562 g/mol. The summed E-state index contributed by atoms with van der Waals surface area (Å²) in [6, 6.07) is 0. The third kappa shape index (κ3) is 3.47. The zero-order valence-corrected chi connectivity index (χ0v) is 26.2. The minimum Gasteiger partial charge on any atom is -0.446 e. The van der Waals surface area contributed by atoms with Crippen LogP contribution in [0.2, 0.25) is 0 Å². The Hall–Kier alpha value is -0.890. The molecule has 0 bridgehead atoms. The van der Waals surface area contributed by atoms with E-state index in [2.05, 4.69) is 34.6 Å². The van der Waals surface area contributed by atoms with E-state index < -0.39 is 23.9 Å². The fraction of sp³-hybridized carbons (Fsp3) is 0.970. The van der Waals surface area contributed by atoms with Crippen LogP contribution < -0.4 is 5.73 Å². The van der Waals surface area contributed by atoms with Crippen molar-refractivity contribution in [2.45, 2.75) is 143 Å². The molecule has 4 N–H and O–H groups in total. The van der Waals surface area contributed by atoms with Crippen LogP contribution in [0, 0.1) is 50.7 Å². The summed E-state index contributed by atoms with van der Waals surface area (Å²) in [5, 5.41) is 23.4. The quantitative estimate of drug-likeness (QED) is 0.412. The molecule has 6 aliphatic rings. The van der Waals surface area contributed by atoms with Gasteiger partial charge in [-0.1, -0.05) is 34.6 Å². The number of aliphatic hydroxyl groups excluding tert-OH is 1. The molecule has 5 aliphatic carbocycles. The molecule has 1 aliphatic heterocycles. The number of ether oxygens (including phenoxy) is 3.